The first-order valence-corrected chi connectivity index (χ1v) is 22.8. The van der Waals surface area contributed by atoms with Crippen LogP contribution in [0.25, 0.3) is 18.1 Å². The van der Waals surface area contributed by atoms with Crippen molar-refractivity contribution in [2.75, 3.05) is 38.1 Å². The molecular formula is C42H56F3N7O4Si. The van der Waals surface area contributed by atoms with Crippen molar-refractivity contribution in [3.05, 3.63) is 86.3 Å². The number of nitrogens with one attached hydrogen (secondary N) is 1. The predicted molar refractivity (Wildman–Crippen MR) is 220 cm³/mol. The number of aryl methyl sites for hydroxylation is 1. The molecule has 15 heteroatoms. The summed E-state index contributed by atoms with van der Waals surface area (Å²) >= 11 is 0. The third-order valence-corrected chi connectivity index (χ3v) is 16.6. The van der Waals surface area contributed by atoms with E-state index in [1.807, 2.05) is 44.3 Å². The van der Waals surface area contributed by atoms with E-state index in [9.17, 15) is 27.9 Å². The summed E-state index contributed by atoms with van der Waals surface area (Å²) in [5.74, 6) is -0.606. The number of amides is 1. The average Bonchev–Trinajstić information content (AvgIpc) is 3.53. The maximum Gasteiger partial charge on any atom is 0.471 e. The minimum absolute atomic E-state index is 0.00153. The van der Waals surface area contributed by atoms with E-state index in [4.69, 9.17) is 9.41 Å². The first kappa shape index (κ1) is 42.3. The van der Waals surface area contributed by atoms with E-state index < -0.39 is 26.0 Å². The molecule has 1 aliphatic carbocycles. The van der Waals surface area contributed by atoms with Gasteiger partial charge >= 0.3 is 12.1 Å². The third-order valence-electron chi connectivity index (χ3n) is 12.0. The van der Waals surface area contributed by atoms with Crippen LogP contribution in [0, 0.1) is 0 Å². The van der Waals surface area contributed by atoms with Crippen molar-refractivity contribution in [2.45, 2.75) is 109 Å². The van der Waals surface area contributed by atoms with Gasteiger partial charge in [-0.25, -0.2) is 19.3 Å². The molecule has 0 saturated heterocycles. The monoisotopic (exact) mass is 807 g/mol. The molecule has 0 radical (unpaired) electrons. The summed E-state index contributed by atoms with van der Waals surface area (Å²) in [6.45, 7) is 18.3. The van der Waals surface area contributed by atoms with Crippen molar-refractivity contribution in [3.8, 4) is 5.82 Å². The molecule has 3 aromatic rings. The van der Waals surface area contributed by atoms with Crippen LogP contribution in [0.4, 0.5) is 18.9 Å². The number of hydrogen-bond donors (Lipinski definition) is 2. The number of alkyl halides is 3. The number of carbonyl (C=O) groups is 1. The molecule has 2 N–H and O–H groups in total. The molecular weight excluding hydrogens is 752 g/mol. The van der Waals surface area contributed by atoms with Crippen molar-refractivity contribution in [1.82, 2.24) is 24.1 Å². The van der Waals surface area contributed by atoms with Crippen molar-refractivity contribution in [2.24, 2.45) is 4.99 Å². The average molecular weight is 808 g/mol. The number of hydrogen-bond acceptors (Lipinski definition) is 8. The molecule has 57 heavy (non-hydrogen) atoms. The van der Waals surface area contributed by atoms with E-state index in [0.717, 1.165) is 41.1 Å². The van der Waals surface area contributed by atoms with Crippen LogP contribution < -0.4 is 21.4 Å². The lowest BCUT2D eigenvalue weighted by Crippen LogP contribution is -2.47. The number of allylic oxidation sites excluding steroid dienone is 1. The molecule has 11 nitrogen and oxygen atoms in total. The molecule has 1 amide bonds. The molecule has 308 valence electrons. The van der Waals surface area contributed by atoms with E-state index in [2.05, 4.69) is 54.7 Å². The highest BCUT2D eigenvalue weighted by Gasteiger charge is 2.43. The number of nitrogens with zero attached hydrogens (tertiary/aromatic N) is 6. The summed E-state index contributed by atoms with van der Waals surface area (Å²) in [5.41, 5.74) is 3.65. The van der Waals surface area contributed by atoms with Gasteiger partial charge in [-0.3, -0.25) is 14.5 Å². The predicted octanol–water partition coefficient (Wildman–Crippen LogP) is 5.36. The van der Waals surface area contributed by atoms with Gasteiger partial charge < -0.3 is 19.7 Å². The van der Waals surface area contributed by atoms with Crippen LogP contribution in [0.1, 0.15) is 75.8 Å². The number of aliphatic hydroxyl groups is 1. The Morgan fingerprint density at radius 1 is 1.12 bits per heavy atom. The summed E-state index contributed by atoms with van der Waals surface area (Å²) in [6, 6.07) is 10.0. The third kappa shape index (κ3) is 9.06. The van der Waals surface area contributed by atoms with Crippen LogP contribution in [-0.2, 0) is 40.8 Å². The van der Waals surface area contributed by atoms with Crippen LogP contribution in [-0.4, -0.2) is 88.3 Å². The molecule has 0 spiro atoms. The van der Waals surface area contributed by atoms with Gasteiger partial charge in [0.1, 0.15) is 11.4 Å². The van der Waals surface area contributed by atoms with Crippen LogP contribution in [0.2, 0.25) is 18.1 Å². The number of benzene rings is 1. The number of fused-ring (bicyclic) bond motifs is 3. The number of carbonyl (C=O) groups excluding carboxylic acids is 1. The van der Waals surface area contributed by atoms with E-state index in [1.165, 1.54) is 5.56 Å². The zero-order valence-corrected chi connectivity index (χ0v) is 35.0. The summed E-state index contributed by atoms with van der Waals surface area (Å²) in [5, 5.41) is 15.7. The number of aromatic nitrogens is 3. The van der Waals surface area contributed by atoms with Gasteiger partial charge in [-0.1, -0.05) is 52.0 Å². The SMILES string of the molecule is C=CCn1c(=O)c2c(n1-c1ccc3c(n1)[C@@](O)(CC)CC3)=CCC(Nc1ccc3c(c1)CCN(CCCN(CCO[Si](C)(C)C(C)(C)C)C(=O)C(F)(F)F)C3)=NC=2. The molecule has 4 heterocycles. The second-order valence-corrected chi connectivity index (χ2v) is 21.7. The number of aliphatic imine (C=N–C) groups is 1. The Hall–Kier alpha value is -4.31. The van der Waals surface area contributed by atoms with Crippen LogP contribution >= 0.6 is 0 Å². The molecule has 0 saturated carbocycles. The standard InChI is InChI=1S/C42H56F3N7O4Si/c1-8-20-51-38(53)33-27-46-35(15-14-34(33)52(51)36-16-12-29-17-19-41(55,9-2)37(29)48-36)47-32-13-11-31-28-49(23-18-30(31)26-32)21-10-22-50(39(54)42(43,44)45)24-25-56-57(6,7)40(3,4)5/h8,11-14,16,26-27,55H,1,9-10,15,17-25,28H2,2-7H3,(H,46,47)/t41-/m1/s1. The lowest BCUT2D eigenvalue weighted by atomic mass is 9.98. The molecule has 0 unspecified atom stereocenters. The molecule has 3 aliphatic rings. The van der Waals surface area contributed by atoms with Gasteiger partial charge in [0, 0.05) is 51.0 Å². The van der Waals surface area contributed by atoms with Gasteiger partial charge in [0.15, 0.2) is 14.1 Å². The molecule has 0 fully saturated rings. The summed E-state index contributed by atoms with van der Waals surface area (Å²) < 4.78 is 49.9. The zero-order chi connectivity index (χ0) is 41.3. The molecule has 1 aromatic carbocycles. The highest BCUT2D eigenvalue weighted by Crippen LogP contribution is 2.38. The Morgan fingerprint density at radius 2 is 1.88 bits per heavy atom. The number of halogens is 3. The van der Waals surface area contributed by atoms with E-state index in [-0.39, 0.29) is 36.8 Å². The van der Waals surface area contributed by atoms with E-state index in [1.54, 1.807) is 21.6 Å². The highest BCUT2D eigenvalue weighted by atomic mass is 28.4. The fourth-order valence-electron chi connectivity index (χ4n) is 7.56. The Labute approximate surface area is 333 Å². The largest absolute Gasteiger partial charge is 0.471 e. The van der Waals surface area contributed by atoms with E-state index in [0.29, 0.717) is 66.7 Å². The second kappa shape index (κ2) is 16.5. The molecule has 2 aromatic heterocycles. The van der Waals surface area contributed by atoms with E-state index >= 15 is 0 Å². The molecule has 6 rings (SSSR count). The van der Waals surface area contributed by atoms with Gasteiger partial charge in [0.2, 0.25) is 0 Å². The quantitative estimate of drug-likeness (QED) is 0.177. The lowest BCUT2D eigenvalue weighted by molar-refractivity contribution is -0.185. The Morgan fingerprint density at radius 3 is 2.58 bits per heavy atom. The maximum atomic E-state index is 13.7. The van der Waals surface area contributed by atoms with Gasteiger partial charge in [0.25, 0.3) is 5.56 Å². The van der Waals surface area contributed by atoms with Crippen LogP contribution in [0.3, 0.4) is 0 Å². The molecule has 2 aliphatic heterocycles. The summed E-state index contributed by atoms with van der Waals surface area (Å²) in [6.07, 6.45) is 3.82. The maximum absolute atomic E-state index is 13.7. The molecule has 1 atom stereocenters. The minimum Gasteiger partial charge on any atom is -0.415 e. The first-order chi connectivity index (χ1) is 26.8. The van der Waals surface area contributed by atoms with Gasteiger partial charge in [-0.2, -0.15) is 13.2 Å². The van der Waals surface area contributed by atoms with Crippen molar-refractivity contribution < 1.29 is 27.5 Å². The van der Waals surface area contributed by atoms with Gasteiger partial charge in [-0.05, 0) is 85.1 Å². The van der Waals surface area contributed by atoms with Crippen molar-refractivity contribution >= 4 is 38.0 Å². The Bertz CT molecular complexity index is 2220. The smallest absolute Gasteiger partial charge is 0.415 e. The van der Waals surface area contributed by atoms with Gasteiger partial charge in [-0.15, -0.1) is 6.58 Å². The zero-order valence-electron chi connectivity index (χ0n) is 34.0. The highest BCUT2D eigenvalue weighted by molar-refractivity contribution is 6.74. The lowest BCUT2D eigenvalue weighted by Gasteiger charge is -2.37. The van der Waals surface area contributed by atoms with Crippen LogP contribution in [0.15, 0.2) is 52.8 Å². The van der Waals surface area contributed by atoms with Crippen molar-refractivity contribution in [1.29, 1.82) is 0 Å². The number of pyridine rings is 1. The fraction of sp³-hybridized carbons (Fsp3) is 0.524. The summed E-state index contributed by atoms with van der Waals surface area (Å²) in [4.78, 5) is 38.7. The Balaban J connectivity index is 1.10. The minimum atomic E-state index is -4.94. The molecule has 0 bridgehead atoms. The number of amidine groups is 1. The normalized spacial score (nSPS) is 18.4. The Kier molecular flexibility index (Phi) is 12.3. The topological polar surface area (TPSA) is 117 Å². The van der Waals surface area contributed by atoms with Crippen molar-refractivity contribution in [3.63, 3.8) is 0 Å². The summed E-state index contributed by atoms with van der Waals surface area (Å²) in [7, 11) is -2.17. The number of rotatable bonds is 13. The second-order valence-electron chi connectivity index (χ2n) is 16.8. The fourth-order valence-corrected chi connectivity index (χ4v) is 8.60. The number of anilines is 1. The van der Waals surface area contributed by atoms with Crippen LogP contribution in [0.5, 0.6) is 0 Å². The van der Waals surface area contributed by atoms with Gasteiger partial charge in [0.05, 0.1) is 29.4 Å². The first-order valence-electron chi connectivity index (χ1n) is 19.9.